The largest absolute Gasteiger partial charge is 0.379 e. The summed E-state index contributed by atoms with van der Waals surface area (Å²) in [7, 11) is -3.69. The molecular weight excluding hydrogens is 450 g/mol. The highest BCUT2D eigenvalue weighted by atomic mass is 35.5. The molecule has 3 rings (SSSR count). The summed E-state index contributed by atoms with van der Waals surface area (Å²) in [6.07, 6.45) is 1.08. The topological polar surface area (TPSA) is 79.0 Å². The molecule has 0 saturated carbocycles. The average Bonchev–Trinajstić information content (AvgIpc) is 2.75. The van der Waals surface area contributed by atoms with E-state index in [0.717, 1.165) is 54.5 Å². The van der Waals surface area contributed by atoms with Crippen LogP contribution in [0.4, 0.5) is 5.69 Å². The second-order valence-electron chi connectivity index (χ2n) is 8.09. The minimum Gasteiger partial charge on any atom is -0.379 e. The first-order valence-corrected chi connectivity index (χ1v) is 12.8. The van der Waals surface area contributed by atoms with Gasteiger partial charge in [-0.2, -0.15) is 0 Å². The van der Waals surface area contributed by atoms with E-state index in [-0.39, 0.29) is 5.91 Å². The maximum Gasteiger partial charge on any atom is 0.243 e. The number of sulfonamides is 1. The summed E-state index contributed by atoms with van der Waals surface area (Å²) >= 11 is 6.18. The number of rotatable bonds is 8. The van der Waals surface area contributed by atoms with Gasteiger partial charge in [0.15, 0.2) is 0 Å². The maximum atomic E-state index is 12.8. The molecule has 1 fully saturated rings. The van der Waals surface area contributed by atoms with Gasteiger partial charge in [0, 0.05) is 31.2 Å². The van der Waals surface area contributed by atoms with Gasteiger partial charge in [-0.25, -0.2) is 8.42 Å². The lowest BCUT2D eigenvalue weighted by molar-refractivity contribution is -0.122. The molecule has 0 bridgehead atoms. The summed E-state index contributed by atoms with van der Waals surface area (Å²) in [5.41, 5.74) is 3.34. The van der Waals surface area contributed by atoms with E-state index < -0.39 is 16.1 Å². The number of nitrogens with one attached hydrogen (secondary N) is 1. The van der Waals surface area contributed by atoms with Crippen LogP contribution in [0.1, 0.15) is 23.6 Å². The van der Waals surface area contributed by atoms with E-state index in [4.69, 9.17) is 16.3 Å². The van der Waals surface area contributed by atoms with Crippen molar-refractivity contribution in [3.8, 4) is 0 Å². The molecule has 7 nitrogen and oxygen atoms in total. The van der Waals surface area contributed by atoms with E-state index in [1.807, 2.05) is 19.1 Å². The van der Waals surface area contributed by atoms with Crippen molar-refractivity contribution in [2.45, 2.75) is 33.0 Å². The second kappa shape index (κ2) is 10.7. The molecule has 0 aliphatic carbocycles. The van der Waals surface area contributed by atoms with Crippen LogP contribution in [-0.4, -0.2) is 57.8 Å². The summed E-state index contributed by atoms with van der Waals surface area (Å²) in [6.45, 7) is 7.97. The van der Waals surface area contributed by atoms with Gasteiger partial charge in [-0.05, 0) is 42.7 Å². The van der Waals surface area contributed by atoms with E-state index >= 15 is 0 Å². The van der Waals surface area contributed by atoms with E-state index in [0.29, 0.717) is 17.3 Å². The zero-order valence-electron chi connectivity index (χ0n) is 18.7. The molecule has 2 aromatic carbocycles. The fourth-order valence-corrected chi connectivity index (χ4v) is 4.99. The lowest BCUT2D eigenvalue weighted by Crippen LogP contribution is -2.47. The Hall–Kier alpha value is -2.13. The number of ether oxygens (including phenoxy) is 1. The smallest absolute Gasteiger partial charge is 0.243 e. The van der Waals surface area contributed by atoms with Gasteiger partial charge in [-0.3, -0.25) is 14.0 Å². The minimum absolute atomic E-state index is 0.313. The molecule has 1 heterocycles. The number of anilines is 1. The van der Waals surface area contributed by atoms with Crippen molar-refractivity contribution >= 4 is 33.2 Å². The molecule has 9 heteroatoms. The highest BCUT2D eigenvalue weighted by molar-refractivity contribution is 7.92. The first-order chi connectivity index (χ1) is 15.1. The van der Waals surface area contributed by atoms with Crippen LogP contribution in [0.2, 0.25) is 5.02 Å². The van der Waals surface area contributed by atoms with Crippen molar-refractivity contribution < 1.29 is 17.9 Å². The molecule has 32 heavy (non-hydrogen) atoms. The molecule has 174 valence electrons. The Labute approximate surface area is 195 Å². The second-order valence-corrected chi connectivity index (χ2v) is 10.4. The molecular formula is C23H30ClN3O4S. The lowest BCUT2D eigenvalue weighted by atomic mass is 10.1. The zero-order chi connectivity index (χ0) is 23.3. The van der Waals surface area contributed by atoms with Crippen molar-refractivity contribution in [3.63, 3.8) is 0 Å². The molecule has 1 atom stereocenters. The minimum atomic E-state index is -3.69. The number of hydrogen-bond donors (Lipinski definition) is 1. The molecule has 1 amide bonds. The van der Waals surface area contributed by atoms with Crippen LogP contribution in [0.5, 0.6) is 0 Å². The van der Waals surface area contributed by atoms with Crippen molar-refractivity contribution in [2.75, 3.05) is 36.9 Å². The van der Waals surface area contributed by atoms with E-state index in [1.54, 1.807) is 25.1 Å². The monoisotopic (exact) mass is 479 g/mol. The van der Waals surface area contributed by atoms with Crippen molar-refractivity contribution in [1.29, 1.82) is 0 Å². The van der Waals surface area contributed by atoms with Crippen LogP contribution in [-0.2, 0) is 32.6 Å². The standard InChI is InChI=1S/C23H30ClN3O4S/c1-17-4-9-21(14-22(17)24)27(32(3,29)30)18(2)23(28)25-15-19-5-7-20(8-6-19)16-26-10-12-31-13-11-26/h4-9,14,18H,10-13,15-16H2,1-3H3,(H,25,28)/t18-/m0/s1. The summed E-state index contributed by atoms with van der Waals surface area (Å²) in [5.74, 6) is -0.385. The predicted octanol–water partition coefficient (Wildman–Crippen LogP) is 2.95. The third-order valence-electron chi connectivity index (χ3n) is 5.50. The quantitative estimate of drug-likeness (QED) is 0.629. The summed E-state index contributed by atoms with van der Waals surface area (Å²) in [5, 5.41) is 3.29. The third kappa shape index (κ3) is 6.45. The highest BCUT2D eigenvalue weighted by Gasteiger charge is 2.29. The summed E-state index contributed by atoms with van der Waals surface area (Å²) in [4.78, 5) is 15.1. The Balaban J connectivity index is 1.62. The fourth-order valence-electron chi connectivity index (χ4n) is 3.64. The lowest BCUT2D eigenvalue weighted by Gasteiger charge is -2.28. The number of morpholine rings is 1. The van der Waals surface area contributed by atoms with Crippen LogP contribution < -0.4 is 9.62 Å². The number of nitrogens with zero attached hydrogens (tertiary/aromatic N) is 2. The maximum absolute atomic E-state index is 12.8. The number of carbonyl (C=O) groups excluding carboxylic acids is 1. The van der Waals surface area contributed by atoms with Crippen molar-refractivity contribution in [3.05, 3.63) is 64.2 Å². The van der Waals surface area contributed by atoms with Gasteiger partial charge in [-0.15, -0.1) is 0 Å². The van der Waals surface area contributed by atoms with E-state index in [1.165, 1.54) is 5.56 Å². The SMILES string of the molecule is Cc1ccc(N([C@@H](C)C(=O)NCc2ccc(CN3CCOCC3)cc2)S(C)(=O)=O)cc1Cl. The normalized spacial score (nSPS) is 15.9. The van der Waals surface area contributed by atoms with Gasteiger partial charge in [0.2, 0.25) is 15.9 Å². The summed E-state index contributed by atoms with van der Waals surface area (Å²) in [6, 6.07) is 12.1. The number of halogens is 1. The molecule has 1 aliphatic rings. The zero-order valence-corrected chi connectivity index (χ0v) is 20.2. The third-order valence-corrected chi connectivity index (χ3v) is 7.15. The molecule has 0 unspecified atom stereocenters. The van der Waals surface area contributed by atoms with Crippen LogP contribution >= 0.6 is 11.6 Å². The average molecular weight is 480 g/mol. The van der Waals surface area contributed by atoms with E-state index in [2.05, 4.69) is 22.3 Å². The highest BCUT2D eigenvalue weighted by Crippen LogP contribution is 2.26. The van der Waals surface area contributed by atoms with Gasteiger partial charge in [0.1, 0.15) is 6.04 Å². The first kappa shape index (κ1) is 24.5. The number of hydrogen-bond acceptors (Lipinski definition) is 5. The molecule has 2 aromatic rings. The Bertz CT molecular complexity index is 1040. The van der Waals surface area contributed by atoms with Crippen LogP contribution in [0, 0.1) is 6.92 Å². The number of amides is 1. The van der Waals surface area contributed by atoms with Gasteiger partial charge in [0.05, 0.1) is 25.2 Å². The van der Waals surface area contributed by atoms with Crippen LogP contribution in [0.25, 0.3) is 0 Å². The van der Waals surface area contributed by atoms with Gasteiger partial charge in [0.25, 0.3) is 0 Å². The predicted molar refractivity (Wildman–Crippen MR) is 127 cm³/mol. The van der Waals surface area contributed by atoms with Crippen LogP contribution in [0.15, 0.2) is 42.5 Å². The van der Waals surface area contributed by atoms with Gasteiger partial charge >= 0.3 is 0 Å². The fraction of sp³-hybridized carbons (Fsp3) is 0.435. The molecule has 1 saturated heterocycles. The number of benzene rings is 2. The van der Waals surface area contributed by atoms with Crippen LogP contribution in [0.3, 0.4) is 0 Å². The van der Waals surface area contributed by atoms with Crippen molar-refractivity contribution in [2.24, 2.45) is 0 Å². The van der Waals surface area contributed by atoms with E-state index in [9.17, 15) is 13.2 Å². The first-order valence-electron chi connectivity index (χ1n) is 10.6. The Morgan fingerprint density at radius 3 is 2.38 bits per heavy atom. The van der Waals surface area contributed by atoms with Gasteiger partial charge < -0.3 is 10.1 Å². The Morgan fingerprint density at radius 1 is 1.16 bits per heavy atom. The van der Waals surface area contributed by atoms with Crippen molar-refractivity contribution in [1.82, 2.24) is 10.2 Å². The Morgan fingerprint density at radius 2 is 1.78 bits per heavy atom. The molecule has 1 N–H and O–H groups in total. The molecule has 0 aromatic heterocycles. The molecule has 1 aliphatic heterocycles. The Kier molecular flexibility index (Phi) is 8.16. The summed E-state index contributed by atoms with van der Waals surface area (Å²) < 4.78 is 31.4. The molecule has 0 spiro atoms. The number of aryl methyl sites for hydroxylation is 1. The van der Waals surface area contributed by atoms with Gasteiger partial charge in [-0.1, -0.05) is 41.9 Å². The number of carbonyl (C=O) groups is 1. The molecule has 0 radical (unpaired) electrons.